The smallest absolute Gasteiger partial charge is 0.0678 e. The summed E-state index contributed by atoms with van der Waals surface area (Å²) in [4.78, 5) is 0. The number of hydrogen-bond acceptors (Lipinski definition) is 1. The van der Waals surface area contributed by atoms with Gasteiger partial charge < -0.3 is 0 Å². The molecule has 0 unspecified atom stereocenters. The molecule has 0 amide bonds. The quantitative estimate of drug-likeness (QED) is 0.666. The molecular formula is C17H30N2. The van der Waals surface area contributed by atoms with Crippen LogP contribution in [-0.2, 0) is 7.05 Å². The fourth-order valence-corrected chi connectivity index (χ4v) is 1.38. The number of rotatable bonds is 1. The lowest BCUT2D eigenvalue weighted by atomic mass is 10.1. The van der Waals surface area contributed by atoms with E-state index in [1.54, 1.807) is 0 Å². The Hall–Kier alpha value is -1.57. The molecule has 0 N–H and O–H groups in total. The first-order valence-corrected chi connectivity index (χ1v) is 7.32. The number of hydrogen-bond donors (Lipinski definition) is 0. The Bertz CT molecular complexity index is 399. The number of nitrogens with zero attached hydrogens (tertiary/aromatic N) is 2. The van der Waals surface area contributed by atoms with Crippen LogP contribution in [0.15, 0.2) is 36.5 Å². The lowest BCUT2D eigenvalue weighted by molar-refractivity contribution is 0.776. The number of aromatic nitrogens is 2. The molecule has 1 heterocycles. The zero-order valence-electron chi connectivity index (χ0n) is 13.9. The molecule has 0 radical (unpaired) electrons. The van der Waals surface area contributed by atoms with Crippen molar-refractivity contribution in [2.45, 2.75) is 48.5 Å². The molecule has 2 rings (SSSR count). The normalized spacial score (nSPS) is 8.00. The Morgan fingerprint density at radius 2 is 1.26 bits per heavy atom. The van der Waals surface area contributed by atoms with Crippen LogP contribution in [0.25, 0.3) is 11.3 Å². The highest BCUT2D eigenvalue weighted by Gasteiger charge is 2.00. The summed E-state index contributed by atoms with van der Waals surface area (Å²) in [5.41, 5.74) is 3.65. The summed E-state index contributed by atoms with van der Waals surface area (Å²) in [7, 11) is 1.95. The van der Waals surface area contributed by atoms with Gasteiger partial charge in [-0.2, -0.15) is 5.10 Å². The maximum absolute atomic E-state index is 4.13. The highest BCUT2D eigenvalue weighted by atomic mass is 15.2. The Morgan fingerprint density at radius 3 is 1.63 bits per heavy atom. The van der Waals surface area contributed by atoms with Crippen LogP contribution in [0.3, 0.4) is 0 Å². The van der Waals surface area contributed by atoms with Gasteiger partial charge in [0.1, 0.15) is 0 Å². The average Bonchev–Trinajstić information content (AvgIpc) is 2.92. The molecule has 0 fully saturated rings. The predicted octanol–water partition coefficient (Wildman–Crippen LogP) is 5.47. The molecule has 0 bridgehead atoms. The van der Waals surface area contributed by atoms with Gasteiger partial charge in [-0.1, -0.05) is 71.4 Å². The standard InChI is InChI=1S/C11H12N2.3C2H6/c1-9-3-5-10(6-4-9)11-7-8-12-13(11)2;3*1-2/h3-8H,1-2H3;3*1-2H3. The van der Waals surface area contributed by atoms with Crippen LogP contribution in [0, 0.1) is 6.92 Å². The minimum Gasteiger partial charge on any atom is -0.268 e. The Kier molecular flexibility index (Phi) is 13.4. The second-order valence-corrected chi connectivity index (χ2v) is 3.21. The molecule has 0 saturated heterocycles. The highest BCUT2D eigenvalue weighted by molar-refractivity contribution is 5.59. The predicted molar refractivity (Wildman–Crippen MR) is 87.4 cm³/mol. The zero-order chi connectivity index (χ0) is 15.3. The minimum atomic E-state index is 1.15. The van der Waals surface area contributed by atoms with Gasteiger partial charge in [0.2, 0.25) is 0 Å². The van der Waals surface area contributed by atoms with Gasteiger partial charge in [-0.05, 0) is 18.6 Å². The van der Waals surface area contributed by atoms with Gasteiger partial charge in [0.05, 0.1) is 5.69 Å². The molecule has 0 aliphatic carbocycles. The number of benzene rings is 1. The summed E-state index contributed by atoms with van der Waals surface area (Å²) in [6.45, 7) is 14.1. The van der Waals surface area contributed by atoms with Crippen LogP contribution >= 0.6 is 0 Å². The third kappa shape index (κ3) is 6.80. The molecule has 0 aliphatic rings. The molecule has 108 valence electrons. The van der Waals surface area contributed by atoms with E-state index >= 15 is 0 Å². The summed E-state index contributed by atoms with van der Waals surface area (Å²) in [5, 5.41) is 4.13. The van der Waals surface area contributed by atoms with Crippen LogP contribution in [0.2, 0.25) is 0 Å². The fourth-order valence-electron chi connectivity index (χ4n) is 1.38. The molecule has 0 saturated carbocycles. The van der Waals surface area contributed by atoms with Gasteiger partial charge in [-0.3, -0.25) is 4.68 Å². The molecule has 2 heteroatoms. The van der Waals surface area contributed by atoms with Crippen molar-refractivity contribution >= 4 is 0 Å². The monoisotopic (exact) mass is 262 g/mol. The van der Waals surface area contributed by atoms with E-state index in [0.717, 1.165) is 5.69 Å². The van der Waals surface area contributed by atoms with Gasteiger partial charge in [-0.15, -0.1) is 0 Å². The molecular weight excluding hydrogens is 232 g/mol. The molecule has 19 heavy (non-hydrogen) atoms. The minimum absolute atomic E-state index is 1.15. The first-order valence-electron chi connectivity index (χ1n) is 7.32. The van der Waals surface area contributed by atoms with E-state index in [1.807, 2.05) is 65.5 Å². The Morgan fingerprint density at radius 1 is 0.789 bits per heavy atom. The lowest BCUT2D eigenvalue weighted by Gasteiger charge is -2.01. The SMILES string of the molecule is CC.CC.CC.Cc1ccc(-c2ccnn2C)cc1. The summed E-state index contributed by atoms with van der Waals surface area (Å²) in [6.07, 6.45) is 1.81. The first kappa shape index (κ1) is 19.8. The van der Waals surface area contributed by atoms with Crippen molar-refractivity contribution in [2.75, 3.05) is 0 Å². The van der Waals surface area contributed by atoms with Crippen LogP contribution in [0.1, 0.15) is 47.1 Å². The van der Waals surface area contributed by atoms with E-state index in [0.29, 0.717) is 0 Å². The molecule has 2 nitrogen and oxygen atoms in total. The Balaban J connectivity index is 0. The summed E-state index contributed by atoms with van der Waals surface area (Å²) in [6, 6.07) is 10.5. The molecule has 0 aliphatic heterocycles. The van der Waals surface area contributed by atoms with Crippen molar-refractivity contribution in [1.82, 2.24) is 9.78 Å². The average molecular weight is 262 g/mol. The van der Waals surface area contributed by atoms with Crippen LogP contribution < -0.4 is 0 Å². The van der Waals surface area contributed by atoms with Crippen LogP contribution in [0.4, 0.5) is 0 Å². The van der Waals surface area contributed by atoms with Gasteiger partial charge in [0.25, 0.3) is 0 Å². The summed E-state index contributed by atoms with van der Waals surface area (Å²) in [5.74, 6) is 0. The van der Waals surface area contributed by atoms with Gasteiger partial charge in [0, 0.05) is 13.2 Å². The second kappa shape index (κ2) is 12.9. The topological polar surface area (TPSA) is 17.8 Å². The summed E-state index contributed by atoms with van der Waals surface area (Å²) < 4.78 is 1.88. The van der Waals surface area contributed by atoms with E-state index in [9.17, 15) is 0 Å². The molecule has 2 aromatic rings. The van der Waals surface area contributed by atoms with Gasteiger partial charge in [-0.25, -0.2) is 0 Å². The fraction of sp³-hybridized carbons (Fsp3) is 0.471. The largest absolute Gasteiger partial charge is 0.268 e. The van der Waals surface area contributed by atoms with Crippen molar-refractivity contribution in [2.24, 2.45) is 7.05 Å². The third-order valence-electron chi connectivity index (χ3n) is 2.17. The lowest BCUT2D eigenvalue weighted by Crippen LogP contribution is -1.92. The summed E-state index contributed by atoms with van der Waals surface area (Å²) >= 11 is 0. The molecule has 0 spiro atoms. The van der Waals surface area contributed by atoms with Crippen molar-refractivity contribution in [3.63, 3.8) is 0 Å². The highest BCUT2D eigenvalue weighted by Crippen LogP contribution is 2.17. The first-order chi connectivity index (χ1) is 9.27. The third-order valence-corrected chi connectivity index (χ3v) is 2.17. The zero-order valence-corrected chi connectivity index (χ0v) is 13.9. The molecule has 1 aromatic carbocycles. The maximum Gasteiger partial charge on any atom is 0.0678 e. The van der Waals surface area contributed by atoms with E-state index in [4.69, 9.17) is 0 Å². The van der Waals surface area contributed by atoms with Crippen molar-refractivity contribution in [1.29, 1.82) is 0 Å². The van der Waals surface area contributed by atoms with E-state index in [2.05, 4.69) is 36.3 Å². The number of aryl methyl sites for hydroxylation is 2. The van der Waals surface area contributed by atoms with E-state index in [1.165, 1.54) is 11.1 Å². The van der Waals surface area contributed by atoms with Crippen molar-refractivity contribution in [3.8, 4) is 11.3 Å². The molecule has 0 atom stereocenters. The maximum atomic E-state index is 4.13. The van der Waals surface area contributed by atoms with Gasteiger partial charge >= 0.3 is 0 Å². The molecule has 1 aromatic heterocycles. The van der Waals surface area contributed by atoms with Crippen molar-refractivity contribution < 1.29 is 0 Å². The van der Waals surface area contributed by atoms with E-state index < -0.39 is 0 Å². The van der Waals surface area contributed by atoms with E-state index in [-0.39, 0.29) is 0 Å². The van der Waals surface area contributed by atoms with Gasteiger partial charge in [0.15, 0.2) is 0 Å². The Labute approximate surface area is 119 Å². The van der Waals surface area contributed by atoms with Crippen LogP contribution in [0.5, 0.6) is 0 Å². The van der Waals surface area contributed by atoms with Crippen LogP contribution in [-0.4, -0.2) is 9.78 Å². The van der Waals surface area contributed by atoms with Crippen molar-refractivity contribution in [3.05, 3.63) is 42.1 Å². The second-order valence-electron chi connectivity index (χ2n) is 3.21.